The highest BCUT2D eigenvalue weighted by Gasteiger charge is 2.40. The van der Waals surface area contributed by atoms with Crippen LogP contribution in [0.1, 0.15) is 57.1 Å². The molecule has 3 heteroatoms. The first-order valence-corrected chi connectivity index (χ1v) is 7.50. The third-order valence-corrected chi connectivity index (χ3v) is 4.78. The molecule has 0 saturated heterocycles. The molecule has 0 aliphatic heterocycles. The maximum atomic E-state index is 10.7. The summed E-state index contributed by atoms with van der Waals surface area (Å²) < 4.78 is 0. The number of hydrogen-bond acceptors (Lipinski definition) is 3. The lowest BCUT2D eigenvalue weighted by atomic mass is 9.65. The van der Waals surface area contributed by atoms with Gasteiger partial charge in [0.15, 0.2) is 0 Å². The van der Waals surface area contributed by atoms with Crippen LogP contribution in [0.15, 0.2) is 24.5 Å². The van der Waals surface area contributed by atoms with E-state index in [4.69, 9.17) is 5.73 Å². The molecule has 106 valence electrons. The zero-order chi connectivity index (χ0) is 13.7. The molecule has 1 aliphatic rings. The van der Waals surface area contributed by atoms with Crippen molar-refractivity contribution in [3.8, 4) is 0 Å². The maximum Gasteiger partial charge on any atom is 0.0873 e. The number of aromatic nitrogens is 1. The van der Waals surface area contributed by atoms with Crippen molar-refractivity contribution in [2.24, 2.45) is 17.1 Å². The quantitative estimate of drug-likeness (QED) is 0.857. The number of rotatable bonds is 5. The summed E-state index contributed by atoms with van der Waals surface area (Å²) >= 11 is 0. The molecule has 3 nitrogen and oxygen atoms in total. The minimum Gasteiger partial charge on any atom is -0.388 e. The number of hydrogen-bond donors (Lipinski definition) is 2. The summed E-state index contributed by atoms with van der Waals surface area (Å²) in [6, 6.07) is 3.83. The Labute approximate surface area is 116 Å². The van der Waals surface area contributed by atoms with E-state index in [0.29, 0.717) is 6.54 Å². The lowest BCUT2D eigenvalue weighted by Crippen LogP contribution is -2.40. The summed E-state index contributed by atoms with van der Waals surface area (Å²) in [5, 5.41) is 10.7. The predicted octanol–water partition coefficient (Wildman–Crippen LogP) is 3.05. The second kappa shape index (κ2) is 6.49. The Kier molecular flexibility index (Phi) is 4.94. The highest BCUT2D eigenvalue weighted by Crippen LogP contribution is 2.47. The van der Waals surface area contributed by atoms with Gasteiger partial charge in [-0.25, -0.2) is 0 Å². The molecule has 2 rings (SSSR count). The van der Waals surface area contributed by atoms with E-state index < -0.39 is 6.10 Å². The van der Waals surface area contributed by atoms with Crippen molar-refractivity contribution in [1.29, 1.82) is 0 Å². The van der Waals surface area contributed by atoms with Crippen molar-refractivity contribution in [3.63, 3.8) is 0 Å². The maximum absolute atomic E-state index is 10.7. The smallest absolute Gasteiger partial charge is 0.0873 e. The van der Waals surface area contributed by atoms with Gasteiger partial charge in [-0.05, 0) is 43.2 Å². The number of nitrogens with zero attached hydrogens (tertiary/aromatic N) is 1. The SMILES string of the molecule is CCCC1CCC(CN)(C(O)c2cccnc2)CC1. The van der Waals surface area contributed by atoms with Crippen LogP contribution >= 0.6 is 0 Å². The van der Waals surface area contributed by atoms with Gasteiger partial charge in [0.1, 0.15) is 0 Å². The van der Waals surface area contributed by atoms with Crippen LogP contribution < -0.4 is 5.73 Å². The predicted molar refractivity (Wildman–Crippen MR) is 77.6 cm³/mol. The number of pyridine rings is 1. The van der Waals surface area contributed by atoms with E-state index in [-0.39, 0.29) is 5.41 Å². The van der Waals surface area contributed by atoms with Gasteiger partial charge < -0.3 is 10.8 Å². The first-order chi connectivity index (χ1) is 9.22. The number of aliphatic hydroxyl groups excluding tert-OH is 1. The molecule has 0 bridgehead atoms. The molecular weight excluding hydrogens is 236 g/mol. The van der Waals surface area contributed by atoms with Crippen molar-refractivity contribution < 1.29 is 5.11 Å². The molecule has 0 spiro atoms. The molecule has 1 unspecified atom stereocenters. The number of aliphatic hydroxyl groups is 1. The molecule has 1 saturated carbocycles. The largest absolute Gasteiger partial charge is 0.388 e. The van der Waals surface area contributed by atoms with Crippen LogP contribution in [0, 0.1) is 11.3 Å². The molecule has 1 atom stereocenters. The lowest BCUT2D eigenvalue weighted by Gasteiger charge is -2.43. The van der Waals surface area contributed by atoms with Crippen LogP contribution in [-0.2, 0) is 0 Å². The summed E-state index contributed by atoms with van der Waals surface area (Å²) in [5.41, 5.74) is 6.77. The van der Waals surface area contributed by atoms with Crippen LogP contribution in [0.5, 0.6) is 0 Å². The van der Waals surface area contributed by atoms with Gasteiger partial charge >= 0.3 is 0 Å². The minimum absolute atomic E-state index is 0.146. The van der Waals surface area contributed by atoms with Gasteiger partial charge in [-0.2, -0.15) is 0 Å². The monoisotopic (exact) mass is 262 g/mol. The van der Waals surface area contributed by atoms with E-state index in [1.54, 1.807) is 12.4 Å². The molecule has 19 heavy (non-hydrogen) atoms. The van der Waals surface area contributed by atoms with Crippen molar-refractivity contribution in [1.82, 2.24) is 4.98 Å². The number of nitrogens with two attached hydrogens (primary N) is 1. The van der Waals surface area contributed by atoms with Crippen LogP contribution in [0.2, 0.25) is 0 Å². The van der Waals surface area contributed by atoms with E-state index in [0.717, 1.165) is 24.3 Å². The second-order valence-corrected chi connectivity index (χ2v) is 5.99. The molecule has 1 fully saturated rings. The van der Waals surface area contributed by atoms with Crippen molar-refractivity contribution >= 4 is 0 Å². The Morgan fingerprint density at radius 3 is 2.74 bits per heavy atom. The summed E-state index contributed by atoms with van der Waals surface area (Å²) in [7, 11) is 0. The topological polar surface area (TPSA) is 59.1 Å². The fraction of sp³-hybridized carbons (Fsp3) is 0.688. The highest BCUT2D eigenvalue weighted by atomic mass is 16.3. The van der Waals surface area contributed by atoms with Crippen molar-refractivity contribution in [2.75, 3.05) is 6.54 Å². The summed E-state index contributed by atoms with van der Waals surface area (Å²) in [5.74, 6) is 0.825. The molecule has 1 aromatic rings. The van der Waals surface area contributed by atoms with Crippen LogP contribution in [0.3, 0.4) is 0 Å². The zero-order valence-corrected chi connectivity index (χ0v) is 11.9. The Hall–Kier alpha value is -0.930. The van der Waals surface area contributed by atoms with Gasteiger partial charge in [-0.3, -0.25) is 4.98 Å². The van der Waals surface area contributed by atoms with Gasteiger partial charge in [0.05, 0.1) is 6.10 Å². The fourth-order valence-corrected chi connectivity index (χ4v) is 3.43. The first kappa shape index (κ1) is 14.5. The molecule has 0 radical (unpaired) electrons. The van der Waals surface area contributed by atoms with Crippen LogP contribution in [0.4, 0.5) is 0 Å². The zero-order valence-electron chi connectivity index (χ0n) is 11.9. The van der Waals surface area contributed by atoms with Crippen molar-refractivity contribution in [2.45, 2.75) is 51.6 Å². The molecule has 3 N–H and O–H groups in total. The average Bonchev–Trinajstić information content (AvgIpc) is 2.49. The Morgan fingerprint density at radius 1 is 1.47 bits per heavy atom. The van der Waals surface area contributed by atoms with Gasteiger partial charge in [0.25, 0.3) is 0 Å². The van der Waals surface area contributed by atoms with E-state index in [1.807, 2.05) is 12.1 Å². The van der Waals surface area contributed by atoms with Crippen LogP contribution in [-0.4, -0.2) is 16.6 Å². The van der Waals surface area contributed by atoms with E-state index >= 15 is 0 Å². The highest BCUT2D eigenvalue weighted by molar-refractivity contribution is 5.16. The molecule has 1 aliphatic carbocycles. The van der Waals surface area contributed by atoms with Gasteiger partial charge in [0.2, 0.25) is 0 Å². The lowest BCUT2D eigenvalue weighted by molar-refractivity contribution is -0.0110. The molecule has 1 heterocycles. The summed E-state index contributed by atoms with van der Waals surface area (Å²) in [4.78, 5) is 4.11. The van der Waals surface area contributed by atoms with E-state index in [2.05, 4.69) is 11.9 Å². The van der Waals surface area contributed by atoms with Gasteiger partial charge in [0, 0.05) is 24.4 Å². The standard InChI is InChI=1S/C16H26N2O/c1-2-4-13-6-8-16(12-17,9-7-13)15(19)14-5-3-10-18-11-14/h3,5,10-11,13,15,19H,2,4,6-9,12,17H2,1H3. The fourth-order valence-electron chi connectivity index (χ4n) is 3.43. The molecule has 1 aromatic heterocycles. The first-order valence-electron chi connectivity index (χ1n) is 7.50. The third kappa shape index (κ3) is 3.15. The van der Waals surface area contributed by atoms with Crippen molar-refractivity contribution in [3.05, 3.63) is 30.1 Å². The summed E-state index contributed by atoms with van der Waals surface area (Å²) in [6.07, 6.45) is 10.0. The Balaban J connectivity index is 2.07. The molecule has 0 amide bonds. The second-order valence-electron chi connectivity index (χ2n) is 5.99. The Bertz CT molecular complexity index is 372. The normalized spacial score (nSPS) is 29.1. The molecular formula is C16H26N2O. The van der Waals surface area contributed by atoms with Gasteiger partial charge in [-0.1, -0.05) is 25.8 Å². The van der Waals surface area contributed by atoms with Gasteiger partial charge in [-0.15, -0.1) is 0 Å². The molecule has 0 aromatic carbocycles. The summed E-state index contributed by atoms with van der Waals surface area (Å²) in [6.45, 7) is 2.80. The third-order valence-electron chi connectivity index (χ3n) is 4.78. The Morgan fingerprint density at radius 2 is 2.21 bits per heavy atom. The van der Waals surface area contributed by atoms with E-state index in [9.17, 15) is 5.11 Å². The van der Waals surface area contributed by atoms with E-state index in [1.165, 1.54) is 25.7 Å². The minimum atomic E-state index is -0.478. The average molecular weight is 262 g/mol. The van der Waals surface area contributed by atoms with Crippen LogP contribution in [0.25, 0.3) is 0 Å².